The van der Waals surface area contributed by atoms with E-state index >= 15 is 0 Å². The van der Waals surface area contributed by atoms with Gasteiger partial charge in [0.05, 0.1) is 0 Å². The molecular formula is C10H24N2. The molecule has 12 heavy (non-hydrogen) atoms. The highest BCUT2D eigenvalue weighted by Crippen LogP contribution is 2.01. The molecule has 0 aliphatic carbocycles. The topological polar surface area (TPSA) is 29.3 Å². The standard InChI is InChI=1S/C10H24N2/c1-4-12(8-5-7-11)9-6-10(2)3/h10H,4-9,11H2,1-3H3. The van der Waals surface area contributed by atoms with Gasteiger partial charge in [-0.15, -0.1) is 0 Å². The van der Waals surface area contributed by atoms with Gasteiger partial charge in [0.25, 0.3) is 0 Å². The zero-order chi connectivity index (χ0) is 9.40. The summed E-state index contributed by atoms with van der Waals surface area (Å²) < 4.78 is 0. The van der Waals surface area contributed by atoms with Gasteiger partial charge in [0.2, 0.25) is 0 Å². The summed E-state index contributed by atoms with van der Waals surface area (Å²) in [5, 5.41) is 0. The molecule has 0 heterocycles. The van der Waals surface area contributed by atoms with Crippen molar-refractivity contribution in [2.45, 2.75) is 33.6 Å². The third-order valence-corrected chi connectivity index (χ3v) is 2.15. The molecular weight excluding hydrogens is 148 g/mol. The van der Waals surface area contributed by atoms with Crippen LogP contribution in [0.4, 0.5) is 0 Å². The van der Waals surface area contributed by atoms with Gasteiger partial charge in [0.1, 0.15) is 0 Å². The lowest BCUT2D eigenvalue weighted by Gasteiger charge is -2.20. The van der Waals surface area contributed by atoms with Crippen LogP contribution in [-0.4, -0.2) is 31.1 Å². The second-order valence-corrected chi connectivity index (χ2v) is 3.76. The average molecular weight is 172 g/mol. The smallest absolute Gasteiger partial charge is 0.000683 e. The van der Waals surface area contributed by atoms with Crippen LogP contribution in [0.1, 0.15) is 33.6 Å². The zero-order valence-electron chi connectivity index (χ0n) is 8.84. The third-order valence-electron chi connectivity index (χ3n) is 2.15. The Morgan fingerprint density at radius 1 is 1.25 bits per heavy atom. The van der Waals surface area contributed by atoms with Crippen molar-refractivity contribution in [2.75, 3.05) is 26.2 Å². The highest BCUT2D eigenvalue weighted by molar-refractivity contribution is 4.57. The van der Waals surface area contributed by atoms with Crippen molar-refractivity contribution in [3.8, 4) is 0 Å². The van der Waals surface area contributed by atoms with Gasteiger partial charge >= 0.3 is 0 Å². The molecule has 0 aromatic heterocycles. The predicted molar refractivity (Wildman–Crippen MR) is 55.2 cm³/mol. The van der Waals surface area contributed by atoms with Crippen molar-refractivity contribution in [2.24, 2.45) is 11.7 Å². The molecule has 0 aliphatic rings. The quantitative estimate of drug-likeness (QED) is 0.633. The first kappa shape index (κ1) is 11.9. The van der Waals surface area contributed by atoms with Gasteiger partial charge in [-0.3, -0.25) is 0 Å². The summed E-state index contributed by atoms with van der Waals surface area (Å²) in [6.45, 7) is 11.1. The van der Waals surface area contributed by atoms with E-state index in [2.05, 4.69) is 25.7 Å². The van der Waals surface area contributed by atoms with E-state index in [0.29, 0.717) is 0 Å². The molecule has 0 aromatic carbocycles. The monoisotopic (exact) mass is 172 g/mol. The first-order valence-corrected chi connectivity index (χ1v) is 5.13. The van der Waals surface area contributed by atoms with Crippen molar-refractivity contribution in [3.05, 3.63) is 0 Å². The van der Waals surface area contributed by atoms with Crippen LogP contribution < -0.4 is 5.73 Å². The summed E-state index contributed by atoms with van der Waals surface area (Å²) in [7, 11) is 0. The molecule has 0 saturated heterocycles. The third kappa shape index (κ3) is 6.62. The average Bonchev–Trinajstić information content (AvgIpc) is 2.05. The summed E-state index contributed by atoms with van der Waals surface area (Å²) in [6.07, 6.45) is 2.43. The number of nitrogens with zero attached hydrogens (tertiary/aromatic N) is 1. The molecule has 2 N–H and O–H groups in total. The number of rotatable bonds is 7. The number of hydrogen-bond acceptors (Lipinski definition) is 2. The molecule has 0 aromatic rings. The summed E-state index contributed by atoms with van der Waals surface area (Å²) in [6, 6.07) is 0. The van der Waals surface area contributed by atoms with Crippen LogP contribution in [0.25, 0.3) is 0 Å². The summed E-state index contributed by atoms with van der Waals surface area (Å²) in [5.41, 5.74) is 5.46. The van der Waals surface area contributed by atoms with Crippen LogP contribution in [0.3, 0.4) is 0 Å². The Bertz CT molecular complexity index is 91.8. The Morgan fingerprint density at radius 2 is 1.92 bits per heavy atom. The second-order valence-electron chi connectivity index (χ2n) is 3.76. The van der Waals surface area contributed by atoms with Crippen molar-refractivity contribution >= 4 is 0 Å². The molecule has 0 saturated carbocycles. The van der Waals surface area contributed by atoms with Gasteiger partial charge in [0.15, 0.2) is 0 Å². The second kappa shape index (κ2) is 7.56. The minimum Gasteiger partial charge on any atom is -0.330 e. The Hall–Kier alpha value is -0.0800. The van der Waals surface area contributed by atoms with Crippen molar-refractivity contribution in [1.82, 2.24) is 4.90 Å². The van der Waals surface area contributed by atoms with Crippen LogP contribution in [0.5, 0.6) is 0 Å². The molecule has 0 unspecified atom stereocenters. The molecule has 0 bridgehead atoms. The fourth-order valence-electron chi connectivity index (χ4n) is 1.18. The minimum atomic E-state index is 0.817. The lowest BCUT2D eigenvalue weighted by Crippen LogP contribution is -2.27. The van der Waals surface area contributed by atoms with Gasteiger partial charge in [0, 0.05) is 0 Å². The Labute approximate surface area is 77.1 Å². The van der Waals surface area contributed by atoms with Crippen LogP contribution in [0, 0.1) is 5.92 Å². The predicted octanol–water partition coefficient (Wildman–Crippen LogP) is 1.70. The maximum absolute atomic E-state index is 5.46. The Morgan fingerprint density at radius 3 is 2.33 bits per heavy atom. The highest BCUT2D eigenvalue weighted by atomic mass is 15.1. The molecule has 0 spiro atoms. The fraction of sp³-hybridized carbons (Fsp3) is 1.00. The summed E-state index contributed by atoms with van der Waals surface area (Å²) in [4.78, 5) is 2.48. The van der Waals surface area contributed by atoms with Crippen molar-refractivity contribution in [1.29, 1.82) is 0 Å². The fourth-order valence-corrected chi connectivity index (χ4v) is 1.18. The molecule has 0 aliphatic heterocycles. The highest BCUT2D eigenvalue weighted by Gasteiger charge is 2.02. The van der Waals surface area contributed by atoms with Crippen molar-refractivity contribution in [3.63, 3.8) is 0 Å². The van der Waals surface area contributed by atoms with E-state index in [9.17, 15) is 0 Å². The lowest BCUT2D eigenvalue weighted by molar-refractivity contribution is 0.268. The van der Waals surface area contributed by atoms with E-state index in [1.54, 1.807) is 0 Å². The van der Waals surface area contributed by atoms with E-state index in [1.165, 1.54) is 19.5 Å². The Balaban J connectivity index is 3.39. The molecule has 2 heteroatoms. The van der Waals surface area contributed by atoms with Crippen LogP contribution in [0.15, 0.2) is 0 Å². The number of nitrogens with two attached hydrogens (primary N) is 1. The van der Waals surface area contributed by atoms with Gasteiger partial charge in [-0.25, -0.2) is 0 Å². The SMILES string of the molecule is CCN(CCCN)CCC(C)C. The van der Waals surface area contributed by atoms with E-state index in [4.69, 9.17) is 5.73 Å². The van der Waals surface area contributed by atoms with Gasteiger partial charge in [-0.2, -0.15) is 0 Å². The molecule has 2 nitrogen and oxygen atoms in total. The van der Waals surface area contributed by atoms with E-state index in [1.807, 2.05) is 0 Å². The summed E-state index contributed by atoms with van der Waals surface area (Å²) >= 11 is 0. The minimum absolute atomic E-state index is 0.817. The van der Waals surface area contributed by atoms with E-state index in [0.717, 1.165) is 25.4 Å². The first-order chi connectivity index (χ1) is 5.70. The molecule has 0 amide bonds. The van der Waals surface area contributed by atoms with E-state index in [-0.39, 0.29) is 0 Å². The summed E-state index contributed by atoms with van der Waals surface area (Å²) in [5.74, 6) is 0.817. The van der Waals surface area contributed by atoms with Gasteiger partial charge in [-0.05, 0) is 44.9 Å². The number of hydrogen-bond donors (Lipinski definition) is 1. The molecule has 0 fully saturated rings. The largest absolute Gasteiger partial charge is 0.330 e. The maximum atomic E-state index is 5.46. The first-order valence-electron chi connectivity index (χ1n) is 5.13. The van der Waals surface area contributed by atoms with Gasteiger partial charge < -0.3 is 10.6 Å². The van der Waals surface area contributed by atoms with Crippen LogP contribution >= 0.6 is 0 Å². The molecule has 74 valence electrons. The Kier molecular flexibility index (Phi) is 7.51. The zero-order valence-corrected chi connectivity index (χ0v) is 8.84. The van der Waals surface area contributed by atoms with Crippen LogP contribution in [-0.2, 0) is 0 Å². The molecule has 0 radical (unpaired) electrons. The lowest BCUT2D eigenvalue weighted by atomic mass is 10.1. The molecule has 0 rings (SSSR count). The van der Waals surface area contributed by atoms with Crippen molar-refractivity contribution < 1.29 is 0 Å². The van der Waals surface area contributed by atoms with Gasteiger partial charge in [-0.1, -0.05) is 20.8 Å². The van der Waals surface area contributed by atoms with E-state index < -0.39 is 0 Å². The maximum Gasteiger partial charge on any atom is -0.000683 e. The van der Waals surface area contributed by atoms with Crippen LogP contribution in [0.2, 0.25) is 0 Å². The normalized spacial score (nSPS) is 11.5. The molecule has 0 atom stereocenters.